The van der Waals surface area contributed by atoms with E-state index in [9.17, 15) is 9.18 Å². The summed E-state index contributed by atoms with van der Waals surface area (Å²) < 4.78 is 14.3. The summed E-state index contributed by atoms with van der Waals surface area (Å²) in [6, 6.07) is 16.3. The van der Waals surface area contributed by atoms with Gasteiger partial charge in [0.2, 0.25) is 5.95 Å². The van der Waals surface area contributed by atoms with Crippen molar-refractivity contribution < 1.29 is 9.18 Å². The van der Waals surface area contributed by atoms with Crippen molar-refractivity contribution >= 4 is 23.5 Å². The molecule has 4 aromatic rings. The van der Waals surface area contributed by atoms with E-state index in [1.165, 1.54) is 16.8 Å². The van der Waals surface area contributed by atoms with E-state index >= 15 is 0 Å². The van der Waals surface area contributed by atoms with Crippen LogP contribution in [0.25, 0.3) is 11.4 Å². The van der Waals surface area contributed by atoms with Crippen molar-refractivity contribution in [3.8, 4) is 11.4 Å². The van der Waals surface area contributed by atoms with E-state index in [4.69, 9.17) is 11.6 Å². The maximum Gasteiger partial charge on any atom is 0.282 e. The average Bonchev–Trinajstić information content (AvgIpc) is 3.18. The topological polar surface area (TPSA) is 72.7 Å². The lowest BCUT2D eigenvalue weighted by atomic mass is 10.2. The summed E-state index contributed by atoms with van der Waals surface area (Å²) in [7, 11) is 0. The summed E-state index contributed by atoms with van der Waals surface area (Å²) in [5.74, 6) is -0.101. The van der Waals surface area contributed by atoms with Crippen LogP contribution in [0.2, 0.25) is 5.02 Å². The van der Waals surface area contributed by atoms with E-state index in [2.05, 4.69) is 20.4 Å². The van der Waals surface area contributed by atoms with Gasteiger partial charge in [0.15, 0.2) is 5.82 Å². The first kappa shape index (κ1) is 18.8. The number of carbonyl (C=O) groups excluding carboxylic acids is 1. The van der Waals surface area contributed by atoms with Gasteiger partial charge in [0.05, 0.1) is 10.6 Å². The first-order valence-electron chi connectivity index (χ1n) is 8.77. The Morgan fingerprint density at radius 3 is 2.48 bits per heavy atom. The van der Waals surface area contributed by atoms with Crippen LogP contribution < -0.4 is 5.32 Å². The van der Waals surface area contributed by atoms with Crippen LogP contribution in [-0.2, 0) is 6.54 Å². The predicted molar refractivity (Wildman–Crippen MR) is 108 cm³/mol. The molecule has 0 amide bonds. The second-order valence-electron chi connectivity index (χ2n) is 6.17. The van der Waals surface area contributed by atoms with Crippen LogP contribution in [0.4, 0.5) is 10.3 Å². The smallest absolute Gasteiger partial charge is 0.282 e. The Morgan fingerprint density at radius 1 is 1.03 bits per heavy atom. The number of carbonyl (C=O) groups is 1. The summed E-state index contributed by atoms with van der Waals surface area (Å²) in [4.78, 5) is 21.5. The van der Waals surface area contributed by atoms with E-state index in [1.807, 2.05) is 0 Å². The number of benzene rings is 2. The number of halogens is 2. The molecule has 4 rings (SSSR count). The molecule has 1 N–H and O–H groups in total. The van der Waals surface area contributed by atoms with Gasteiger partial charge in [-0.15, -0.1) is 5.10 Å². The maximum atomic E-state index is 13.1. The number of aromatic nitrogens is 4. The van der Waals surface area contributed by atoms with E-state index < -0.39 is 5.91 Å². The molecular weight excluding hydrogens is 393 g/mol. The van der Waals surface area contributed by atoms with Crippen LogP contribution in [0.5, 0.6) is 0 Å². The van der Waals surface area contributed by atoms with Crippen molar-refractivity contribution in [2.75, 3.05) is 5.32 Å². The van der Waals surface area contributed by atoms with Crippen molar-refractivity contribution in [3.05, 3.63) is 95.0 Å². The Hall–Kier alpha value is -3.58. The molecule has 29 heavy (non-hydrogen) atoms. The third kappa shape index (κ3) is 4.14. The number of nitrogens with one attached hydrogen (secondary N) is 1. The highest BCUT2D eigenvalue weighted by Gasteiger charge is 2.20. The molecule has 0 aliphatic heterocycles. The van der Waals surface area contributed by atoms with E-state index in [1.54, 1.807) is 60.9 Å². The highest BCUT2D eigenvalue weighted by molar-refractivity contribution is 6.33. The lowest BCUT2D eigenvalue weighted by Crippen LogP contribution is -2.18. The van der Waals surface area contributed by atoms with Crippen molar-refractivity contribution in [1.29, 1.82) is 0 Å². The summed E-state index contributed by atoms with van der Waals surface area (Å²) in [5, 5.41) is 7.79. The number of anilines is 1. The fourth-order valence-electron chi connectivity index (χ4n) is 2.72. The molecule has 0 unspecified atom stereocenters. The first-order chi connectivity index (χ1) is 14.1. The van der Waals surface area contributed by atoms with Crippen LogP contribution in [0, 0.1) is 5.82 Å². The fourth-order valence-corrected chi connectivity index (χ4v) is 2.94. The van der Waals surface area contributed by atoms with Crippen LogP contribution in [0.3, 0.4) is 0 Å². The van der Waals surface area contributed by atoms with Gasteiger partial charge in [0.1, 0.15) is 5.82 Å². The van der Waals surface area contributed by atoms with Gasteiger partial charge in [-0.3, -0.25) is 9.78 Å². The zero-order chi connectivity index (χ0) is 20.2. The van der Waals surface area contributed by atoms with Gasteiger partial charge in [-0.2, -0.15) is 9.67 Å². The van der Waals surface area contributed by atoms with E-state index in [0.29, 0.717) is 23.0 Å². The number of rotatable bonds is 5. The molecule has 0 atom stereocenters. The van der Waals surface area contributed by atoms with Gasteiger partial charge in [-0.1, -0.05) is 35.9 Å². The Balaban J connectivity index is 1.70. The normalized spacial score (nSPS) is 10.7. The van der Waals surface area contributed by atoms with Crippen LogP contribution in [0.15, 0.2) is 73.1 Å². The quantitative estimate of drug-likeness (QED) is 0.529. The van der Waals surface area contributed by atoms with Crippen molar-refractivity contribution in [2.24, 2.45) is 0 Å². The van der Waals surface area contributed by atoms with Crippen LogP contribution >= 0.6 is 11.6 Å². The van der Waals surface area contributed by atoms with Gasteiger partial charge in [-0.25, -0.2) is 4.39 Å². The van der Waals surface area contributed by atoms with Gasteiger partial charge in [0, 0.05) is 24.5 Å². The second kappa shape index (κ2) is 8.20. The predicted octanol–water partition coefficient (Wildman–Crippen LogP) is 4.43. The molecule has 6 nitrogen and oxygen atoms in total. The Bertz CT molecular complexity index is 1150. The molecule has 2 aromatic heterocycles. The largest absolute Gasteiger partial charge is 0.350 e. The number of pyridine rings is 1. The van der Waals surface area contributed by atoms with Crippen molar-refractivity contribution in [2.45, 2.75) is 6.54 Å². The highest BCUT2D eigenvalue weighted by Crippen LogP contribution is 2.21. The minimum Gasteiger partial charge on any atom is -0.350 e. The van der Waals surface area contributed by atoms with Gasteiger partial charge < -0.3 is 5.32 Å². The third-order valence-corrected chi connectivity index (χ3v) is 4.54. The van der Waals surface area contributed by atoms with Crippen LogP contribution in [-0.4, -0.2) is 25.7 Å². The molecule has 0 spiro atoms. The molecule has 0 aliphatic rings. The standard InChI is InChI=1S/C21H15ClFN5O/c22-18-4-2-1-3-17(18)20(29)28-21(25-13-14-5-7-16(23)8-6-14)26-19(27-28)15-9-11-24-12-10-15/h1-12H,13H2,(H,25,26,27). The van der Waals surface area contributed by atoms with Gasteiger partial charge in [-0.05, 0) is 42.0 Å². The lowest BCUT2D eigenvalue weighted by Gasteiger charge is -2.08. The fraction of sp³-hybridized carbons (Fsp3) is 0.0476. The summed E-state index contributed by atoms with van der Waals surface area (Å²) in [5.41, 5.74) is 1.86. The average molecular weight is 408 g/mol. The minimum atomic E-state index is -0.412. The second-order valence-corrected chi connectivity index (χ2v) is 6.58. The molecule has 8 heteroatoms. The van der Waals surface area contributed by atoms with Gasteiger partial charge in [0.25, 0.3) is 5.91 Å². The molecule has 144 valence electrons. The summed E-state index contributed by atoms with van der Waals surface area (Å²) in [6.45, 7) is 0.338. The zero-order valence-corrected chi connectivity index (χ0v) is 15.8. The molecule has 0 radical (unpaired) electrons. The van der Waals surface area contributed by atoms with Crippen molar-refractivity contribution in [3.63, 3.8) is 0 Å². The van der Waals surface area contributed by atoms with Crippen molar-refractivity contribution in [1.82, 2.24) is 19.7 Å². The molecular formula is C21H15ClFN5O. The Morgan fingerprint density at radius 2 is 1.76 bits per heavy atom. The molecule has 0 aliphatic carbocycles. The first-order valence-corrected chi connectivity index (χ1v) is 9.14. The third-order valence-electron chi connectivity index (χ3n) is 4.21. The summed E-state index contributed by atoms with van der Waals surface area (Å²) in [6.07, 6.45) is 3.25. The highest BCUT2D eigenvalue weighted by atomic mass is 35.5. The Kier molecular flexibility index (Phi) is 5.31. The SMILES string of the molecule is O=C(c1ccccc1Cl)n1nc(-c2ccncc2)nc1NCc1ccc(F)cc1. The lowest BCUT2D eigenvalue weighted by molar-refractivity contribution is 0.0947. The molecule has 0 bridgehead atoms. The molecule has 0 fully saturated rings. The number of hydrogen-bond acceptors (Lipinski definition) is 5. The van der Waals surface area contributed by atoms with Crippen LogP contribution in [0.1, 0.15) is 15.9 Å². The molecule has 2 heterocycles. The van der Waals surface area contributed by atoms with E-state index in [0.717, 1.165) is 11.1 Å². The number of hydrogen-bond donors (Lipinski definition) is 1. The minimum absolute atomic E-state index is 0.256. The molecule has 2 aromatic carbocycles. The van der Waals surface area contributed by atoms with Gasteiger partial charge >= 0.3 is 0 Å². The number of nitrogens with zero attached hydrogens (tertiary/aromatic N) is 4. The zero-order valence-electron chi connectivity index (χ0n) is 15.1. The Labute approximate surface area is 171 Å². The monoisotopic (exact) mass is 407 g/mol. The van der Waals surface area contributed by atoms with E-state index in [-0.39, 0.29) is 11.8 Å². The molecule has 0 saturated carbocycles. The summed E-state index contributed by atoms with van der Waals surface area (Å²) >= 11 is 6.19. The molecule has 0 saturated heterocycles. The maximum absolute atomic E-state index is 13.1.